The highest BCUT2D eigenvalue weighted by Crippen LogP contribution is 2.36. The predicted molar refractivity (Wildman–Crippen MR) is 90.0 cm³/mol. The van der Waals surface area contributed by atoms with Crippen molar-refractivity contribution in [1.29, 1.82) is 0 Å². The highest BCUT2D eigenvalue weighted by Gasteiger charge is 2.11. The molecule has 3 aromatic heterocycles. The molecule has 98 valence electrons. The lowest BCUT2D eigenvalue weighted by atomic mass is 10.1. The molecule has 0 bridgehead atoms. The second-order valence-electron chi connectivity index (χ2n) is 5.34. The number of aromatic nitrogens is 1. The number of fused-ring (bicyclic) bond motifs is 6. The number of benzene rings is 2. The lowest BCUT2D eigenvalue weighted by Gasteiger charge is -1.99. The van der Waals surface area contributed by atoms with Gasteiger partial charge in [0.15, 0.2) is 12.4 Å². The van der Waals surface area contributed by atoms with Gasteiger partial charge in [-0.25, -0.2) is 0 Å². The second kappa shape index (κ2) is 4.03. The van der Waals surface area contributed by atoms with Crippen molar-refractivity contribution >= 4 is 47.8 Å². The number of thiophene rings is 1. The Morgan fingerprint density at radius 3 is 2.57 bits per heavy atom. The average molecular weight is 286 g/mol. The van der Waals surface area contributed by atoms with Crippen LogP contribution in [0, 0.1) is 0 Å². The van der Waals surface area contributed by atoms with E-state index >= 15 is 0 Å². The van der Waals surface area contributed by atoms with E-state index in [0.717, 1.165) is 0 Å². The minimum Gasteiger partial charge on any atom is -0.167 e. The van der Waals surface area contributed by atoms with E-state index in [2.05, 4.69) is 77.5 Å². The fourth-order valence-corrected chi connectivity index (χ4v) is 4.26. The quantitative estimate of drug-likeness (QED) is 0.280. The minimum atomic E-state index is 1.26. The Morgan fingerprint density at radius 2 is 1.57 bits per heavy atom. The van der Waals surface area contributed by atoms with Gasteiger partial charge in [-0.15, -0.1) is 11.3 Å². The number of hydrogen-bond donors (Lipinski definition) is 0. The third-order valence-electron chi connectivity index (χ3n) is 4.13. The molecule has 0 aliphatic heterocycles. The average Bonchev–Trinajstić information content (AvgIpc) is 2.90. The number of pyridine rings is 2. The molecule has 0 N–H and O–H groups in total. The summed E-state index contributed by atoms with van der Waals surface area (Å²) in [7, 11) is 0. The van der Waals surface area contributed by atoms with E-state index in [0.29, 0.717) is 0 Å². The van der Waals surface area contributed by atoms with E-state index < -0.39 is 0 Å². The first kappa shape index (κ1) is 11.2. The summed E-state index contributed by atoms with van der Waals surface area (Å²) in [5.41, 5.74) is 1.26. The first-order valence-corrected chi connectivity index (χ1v) is 7.86. The van der Waals surface area contributed by atoms with Crippen LogP contribution in [0.4, 0.5) is 0 Å². The molecule has 0 spiro atoms. The third kappa shape index (κ3) is 1.54. The van der Waals surface area contributed by atoms with Crippen molar-refractivity contribution in [3.63, 3.8) is 0 Å². The minimum absolute atomic E-state index is 1.26. The summed E-state index contributed by atoms with van der Waals surface area (Å²) in [6, 6.07) is 21.9. The van der Waals surface area contributed by atoms with Gasteiger partial charge in [-0.1, -0.05) is 18.2 Å². The molecule has 0 saturated heterocycles. The van der Waals surface area contributed by atoms with Crippen molar-refractivity contribution in [2.45, 2.75) is 0 Å². The van der Waals surface area contributed by atoms with Gasteiger partial charge < -0.3 is 0 Å². The summed E-state index contributed by atoms with van der Waals surface area (Å²) in [6.45, 7) is 0. The lowest BCUT2D eigenvalue weighted by molar-refractivity contribution is -0.510. The Kier molecular flexibility index (Phi) is 2.15. The molecule has 0 aliphatic rings. The van der Waals surface area contributed by atoms with E-state index in [9.17, 15) is 0 Å². The van der Waals surface area contributed by atoms with Gasteiger partial charge in [0.25, 0.3) is 0 Å². The molecule has 3 heterocycles. The highest BCUT2D eigenvalue weighted by molar-refractivity contribution is 7.25. The summed E-state index contributed by atoms with van der Waals surface area (Å²) in [5, 5.41) is 5.34. The van der Waals surface area contributed by atoms with Gasteiger partial charge in [0.1, 0.15) is 0 Å². The van der Waals surface area contributed by atoms with Crippen LogP contribution in [-0.2, 0) is 0 Å². The van der Waals surface area contributed by atoms with Crippen molar-refractivity contribution in [3.8, 4) is 0 Å². The standard InChI is InChI=1S/C19H12NS/c1-2-7-18-14(5-1)16-12-15-13(11-19(16)21-18)8-10-20-9-4-3-6-17(15)20/h1-12H/q+1. The van der Waals surface area contributed by atoms with E-state index in [4.69, 9.17) is 0 Å². The Labute approximate surface area is 125 Å². The van der Waals surface area contributed by atoms with E-state index in [1.54, 1.807) is 0 Å². The van der Waals surface area contributed by atoms with Crippen molar-refractivity contribution < 1.29 is 4.40 Å². The molecule has 0 aliphatic carbocycles. The molecule has 0 amide bonds. The predicted octanol–water partition coefficient (Wildman–Crippen LogP) is 4.95. The maximum absolute atomic E-state index is 2.35. The Morgan fingerprint density at radius 1 is 0.667 bits per heavy atom. The van der Waals surface area contributed by atoms with Gasteiger partial charge in [0.05, 0.1) is 5.39 Å². The van der Waals surface area contributed by atoms with Crippen LogP contribution < -0.4 is 4.40 Å². The van der Waals surface area contributed by atoms with Crippen LogP contribution in [0.25, 0.3) is 36.5 Å². The molecule has 0 atom stereocenters. The van der Waals surface area contributed by atoms with Gasteiger partial charge in [0.2, 0.25) is 5.52 Å². The summed E-state index contributed by atoms with van der Waals surface area (Å²) in [6.07, 6.45) is 4.24. The Bertz CT molecular complexity index is 1130. The topological polar surface area (TPSA) is 4.10 Å². The Hall–Kier alpha value is -2.45. The molecule has 0 fully saturated rings. The Balaban J connectivity index is 2.06. The third-order valence-corrected chi connectivity index (χ3v) is 5.26. The molecule has 5 rings (SSSR count). The van der Waals surface area contributed by atoms with E-state index in [1.807, 2.05) is 11.3 Å². The molecular weight excluding hydrogens is 274 g/mol. The first-order chi connectivity index (χ1) is 10.4. The van der Waals surface area contributed by atoms with Crippen LogP contribution in [0.15, 0.2) is 73.1 Å². The van der Waals surface area contributed by atoms with Crippen molar-refractivity contribution in [2.24, 2.45) is 0 Å². The number of rotatable bonds is 0. The zero-order valence-electron chi connectivity index (χ0n) is 11.3. The van der Waals surface area contributed by atoms with E-state index in [-0.39, 0.29) is 0 Å². The van der Waals surface area contributed by atoms with Crippen molar-refractivity contribution in [2.75, 3.05) is 0 Å². The zero-order chi connectivity index (χ0) is 13.8. The van der Waals surface area contributed by atoms with Crippen molar-refractivity contribution in [1.82, 2.24) is 0 Å². The largest absolute Gasteiger partial charge is 0.218 e. The molecular formula is C19H12NS+. The number of hydrogen-bond acceptors (Lipinski definition) is 1. The second-order valence-corrected chi connectivity index (χ2v) is 6.43. The molecule has 2 aromatic carbocycles. The summed E-state index contributed by atoms with van der Waals surface area (Å²) >= 11 is 1.88. The SMILES string of the molecule is c1ccc2c(c1)sc1cc3cc[n+]4ccccc4c3cc12. The fraction of sp³-hybridized carbons (Fsp3) is 0. The van der Waals surface area contributed by atoms with Crippen LogP contribution in [-0.4, -0.2) is 0 Å². The highest BCUT2D eigenvalue weighted by atomic mass is 32.1. The molecule has 21 heavy (non-hydrogen) atoms. The van der Waals surface area contributed by atoms with Gasteiger partial charge in [-0.05, 0) is 29.7 Å². The van der Waals surface area contributed by atoms with Crippen molar-refractivity contribution in [3.05, 3.63) is 73.1 Å². The fourth-order valence-electron chi connectivity index (χ4n) is 3.12. The van der Waals surface area contributed by atoms with E-state index in [1.165, 1.54) is 36.5 Å². The van der Waals surface area contributed by atoms with Crippen LogP contribution in [0.5, 0.6) is 0 Å². The zero-order valence-corrected chi connectivity index (χ0v) is 12.1. The maximum Gasteiger partial charge on any atom is 0.218 e. The number of nitrogens with zero attached hydrogens (tertiary/aromatic N) is 1. The molecule has 0 saturated carbocycles. The van der Waals surface area contributed by atoms with Crippen LogP contribution >= 0.6 is 11.3 Å². The summed E-state index contributed by atoms with van der Waals surface area (Å²) in [5.74, 6) is 0. The van der Waals surface area contributed by atoms with Crippen LogP contribution in [0.2, 0.25) is 0 Å². The molecule has 0 radical (unpaired) electrons. The monoisotopic (exact) mass is 286 g/mol. The van der Waals surface area contributed by atoms with Gasteiger partial charge in [-0.2, -0.15) is 4.40 Å². The van der Waals surface area contributed by atoms with Gasteiger partial charge >= 0.3 is 0 Å². The molecule has 0 unspecified atom stereocenters. The smallest absolute Gasteiger partial charge is 0.167 e. The normalized spacial score (nSPS) is 11.8. The molecule has 1 nitrogen and oxygen atoms in total. The maximum atomic E-state index is 2.35. The van der Waals surface area contributed by atoms with Gasteiger partial charge in [0, 0.05) is 38.4 Å². The summed E-state index contributed by atoms with van der Waals surface area (Å²) < 4.78 is 4.91. The first-order valence-electron chi connectivity index (χ1n) is 7.04. The van der Waals surface area contributed by atoms with Crippen LogP contribution in [0.3, 0.4) is 0 Å². The molecule has 5 aromatic rings. The van der Waals surface area contributed by atoms with Crippen LogP contribution in [0.1, 0.15) is 0 Å². The molecule has 2 heteroatoms. The lowest BCUT2D eigenvalue weighted by Crippen LogP contribution is -2.19. The van der Waals surface area contributed by atoms with Gasteiger partial charge in [-0.3, -0.25) is 0 Å². The summed E-state index contributed by atoms with van der Waals surface area (Å²) in [4.78, 5) is 0.